The van der Waals surface area contributed by atoms with E-state index in [1.807, 2.05) is 0 Å². The van der Waals surface area contributed by atoms with E-state index in [-0.39, 0.29) is 0 Å². The van der Waals surface area contributed by atoms with Crippen molar-refractivity contribution in [3.63, 3.8) is 0 Å². The Morgan fingerprint density at radius 1 is 1.29 bits per heavy atom. The number of halogens is 1. The lowest BCUT2D eigenvalue weighted by molar-refractivity contribution is 0.718. The first kappa shape index (κ1) is 4.20. The van der Waals surface area contributed by atoms with E-state index in [4.69, 9.17) is 11.6 Å². The Morgan fingerprint density at radius 3 is 2.00 bits per heavy atom. The zero-order chi connectivity index (χ0) is 4.85. The second-order valence-corrected chi connectivity index (χ2v) is 3.31. The minimum atomic E-state index is 0.576. The fourth-order valence-corrected chi connectivity index (χ4v) is 1.61. The van der Waals surface area contributed by atoms with E-state index in [0.717, 1.165) is 11.8 Å². The van der Waals surface area contributed by atoms with Crippen LogP contribution < -0.4 is 0 Å². The molecule has 0 aromatic heterocycles. The first-order valence-electron chi connectivity index (χ1n) is 3.02. The van der Waals surface area contributed by atoms with Gasteiger partial charge in [0.15, 0.2) is 0 Å². The third-order valence-corrected chi connectivity index (χ3v) is 2.49. The van der Waals surface area contributed by atoms with Crippen LogP contribution in [0.1, 0.15) is 19.3 Å². The molecule has 2 atom stereocenters. The first-order chi connectivity index (χ1) is 3.38. The van der Waals surface area contributed by atoms with Gasteiger partial charge in [-0.25, -0.2) is 0 Å². The molecule has 0 amide bonds. The normalized spacial score (nSPS) is 49.3. The average molecular weight is 117 g/mol. The first-order valence-corrected chi connectivity index (χ1v) is 3.45. The van der Waals surface area contributed by atoms with Gasteiger partial charge in [0.1, 0.15) is 0 Å². The molecule has 0 aromatic rings. The lowest BCUT2D eigenvalue weighted by Gasteiger charge is -1.81. The molecule has 0 saturated heterocycles. The van der Waals surface area contributed by atoms with E-state index in [1.54, 1.807) is 0 Å². The van der Waals surface area contributed by atoms with Gasteiger partial charge in [-0.05, 0) is 31.1 Å². The van der Waals surface area contributed by atoms with Crippen molar-refractivity contribution >= 4 is 11.6 Å². The topological polar surface area (TPSA) is 0 Å². The monoisotopic (exact) mass is 116 g/mol. The van der Waals surface area contributed by atoms with Gasteiger partial charge >= 0.3 is 0 Å². The van der Waals surface area contributed by atoms with Gasteiger partial charge < -0.3 is 0 Å². The molecule has 0 heterocycles. The molecule has 0 spiro atoms. The van der Waals surface area contributed by atoms with E-state index in [0.29, 0.717) is 5.38 Å². The Morgan fingerprint density at radius 2 is 1.86 bits per heavy atom. The van der Waals surface area contributed by atoms with Crippen molar-refractivity contribution in [2.24, 2.45) is 11.8 Å². The van der Waals surface area contributed by atoms with E-state index in [2.05, 4.69) is 0 Å². The molecule has 2 unspecified atom stereocenters. The summed E-state index contributed by atoms with van der Waals surface area (Å²) in [6, 6.07) is 0. The largest absolute Gasteiger partial charge is 0.123 e. The summed E-state index contributed by atoms with van der Waals surface area (Å²) in [6.45, 7) is 0. The maximum atomic E-state index is 5.79. The zero-order valence-electron chi connectivity index (χ0n) is 4.23. The van der Waals surface area contributed by atoms with Crippen LogP contribution in [0.4, 0.5) is 0 Å². The second-order valence-electron chi connectivity index (χ2n) is 2.75. The zero-order valence-corrected chi connectivity index (χ0v) is 4.99. The van der Waals surface area contributed by atoms with Crippen LogP contribution in [0.5, 0.6) is 0 Å². The Hall–Kier alpha value is 0.290. The molecule has 0 bridgehead atoms. The SMILES string of the molecule is ClC1CC1C1CC1. The summed E-state index contributed by atoms with van der Waals surface area (Å²) in [7, 11) is 0. The highest BCUT2D eigenvalue weighted by molar-refractivity contribution is 6.22. The molecule has 2 aliphatic rings. The van der Waals surface area contributed by atoms with Gasteiger partial charge in [0, 0.05) is 5.38 Å². The molecule has 7 heavy (non-hydrogen) atoms. The molecule has 2 aliphatic carbocycles. The minimum Gasteiger partial charge on any atom is -0.123 e. The van der Waals surface area contributed by atoms with Gasteiger partial charge in [0.05, 0.1) is 0 Å². The predicted octanol–water partition coefficient (Wildman–Crippen LogP) is 2.02. The lowest BCUT2D eigenvalue weighted by atomic mass is 10.3. The van der Waals surface area contributed by atoms with Crippen LogP contribution in [0.25, 0.3) is 0 Å². The quantitative estimate of drug-likeness (QED) is 0.460. The van der Waals surface area contributed by atoms with Crippen LogP contribution in [0.3, 0.4) is 0 Å². The van der Waals surface area contributed by atoms with Crippen LogP contribution >= 0.6 is 11.6 Å². The van der Waals surface area contributed by atoms with E-state index >= 15 is 0 Å². The van der Waals surface area contributed by atoms with Crippen LogP contribution in [-0.4, -0.2) is 5.38 Å². The smallest absolute Gasteiger partial charge is 0.0370 e. The molecular weight excluding hydrogens is 108 g/mol. The molecule has 2 fully saturated rings. The summed E-state index contributed by atoms with van der Waals surface area (Å²) >= 11 is 5.79. The maximum Gasteiger partial charge on any atom is 0.0370 e. The Balaban J connectivity index is 1.88. The maximum absolute atomic E-state index is 5.79. The highest BCUT2D eigenvalue weighted by Crippen LogP contribution is 2.52. The van der Waals surface area contributed by atoms with Crippen molar-refractivity contribution in [1.29, 1.82) is 0 Å². The van der Waals surface area contributed by atoms with Crippen LogP contribution in [0.2, 0.25) is 0 Å². The number of alkyl halides is 1. The molecule has 40 valence electrons. The Labute approximate surface area is 48.9 Å². The molecule has 0 aliphatic heterocycles. The molecule has 0 aromatic carbocycles. The van der Waals surface area contributed by atoms with Crippen molar-refractivity contribution in [2.45, 2.75) is 24.6 Å². The summed E-state index contributed by atoms with van der Waals surface area (Å²) in [5, 5.41) is 0.576. The molecule has 0 radical (unpaired) electrons. The Bertz CT molecular complexity index is 86.2. The lowest BCUT2D eigenvalue weighted by Crippen LogP contribution is -1.78. The van der Waals surface area contributed by atoms with Crippen molar-refractivity contribution in [3.8, 4) is 0 Å². The average Bonchev–Trinajstić information content (AvgIpc) is 2.23. The van der Waals surface area contributed by atoms with Gasteiger partial charge in [-0.3, -0.25) is 0 Å². The fraction of sp³-hybridized carbons (Fsp3) is 1.00. The van der Waals surface area contributed by atoms with Crippen LogP contribution in [0.15, 0.2) is 0 Å². The van der Waals surface area contributed by atoms with Crippen molar-refractivity contribution in [1.82, 2.24) is 0 Å². The van der Waals surface area contributed by atoms with E-state index < -0.39 is 0 Å². The summed E-state index contributed by atoms with van der Waals surface area (Å²) in [5.41, 5.74) is 0. The molecule has 0 nitrogen and oxygen atoms in total. The van der Waals surface area contributed by atoms with Gasteiger partial charge in [-0.15, -0.1) is 11.6 Å². The van der Waals surface area contributed by atoms with Gasteiger partial charge in [0.2, 0.25) is 0 Å². The van der Waals surface area contributed by atoms with Crippen molar-refractivity contribution in [2.75, 3.05) is 0 Å². The fourth-order valence-electron chi connectivity index (χ4n) is 1.19. The van der Waals surface area contributed by atoms with Gasteiger partial charge in [0.25, 0.3) is 0 Å². The van der Waals surface area contributed by atoms with E-state index in [1.165, 1.54) is 19.3 Å². The Kier molecular flexibility index (Phi) is 0.699. The standard InChI is InChI=1S/C6H9Cl/c7-6-3-5(6)4-1-2-4/h4-6H,1-3H2. The van der Waals surface area contributed by atoms with Gasteiger partial charge in [-0.2, -0.15) is 0 Å². The number of hydrogen-bond donors (Lipinski definition) is 0. The molecular formula is C6H9Cl. The summed E-state index contributed by atoms with van der Waals surface area (Å²) in [6.07, 6.45) is 4.24. The van der Waals surface area contributed by atoms with Gasteiger partial charge in [-0.1, -0.05) is 0 Å². The molecule has 0 N–H and O–H groups in total. The minimum absolute atomic E-state index is 0.576. The van der Waals surface area contributed by atoms with Crippen LogP contribution in [-0.2, 0) is 0 Å². The molecule has 2 saturated carbocycles. The molecule has 2 rings (SSSR count). The summed E-state index contributed by atoms with van der Waals surface area (Å²) < 4.78 is 0. The second kappa shape index (κ2) is 1.17. The highest BCUT2D eigenvalue weighted by atomic mass is 35.5. The molecule has 1 heteroatoms. The number of hydrogen-bond acceptors (Lipinski definition) is 0. The third-order valence-electron chi connectivity index (χ3n) is 1.99. The summed E-state index contributed by atoms with van der Waals surface area (Å²) in [4.78, 5) is 0. The van der Waals surface area contributed by atoms with Crippen molar-refractivity contribution in [3.05, 3.63) is 0 Å². The summed E-state index contributed by atoms with van der Waals surface area (Å²) in [5.74, 6) is 2.00. The highest BCUT2D eigenvalue weighted by Gasteiger charge is 2.46. The number of rotatable bonds is 1. The third kappa shape index (κ3) is 0.655. The van der Waals surface area contributed by atoms with E-state index in [9.17, 15) is 0 Å². The predicted molar refractivity (Wildman–Crippen MR) is 30.5 cm³/mol. The van der Waals surface area contributed by atoms with Crippen LogP contribution in [0, 0.1) is 11.8 Å². The van der Waals surface area contributed by atoms with Crippen molar-refractivity contribution < 1.29 is 0 Å².